The Morgan fingerprint density at radius 3 is 2.43 bits per heavy atom. The number of carbonyl (C=O) groups excluding carboxylic acids is 1. The van der Waals surface area contributed by atoms with Crippen molar-refractivity contribution in [3.05, 3.63) is 99.7 Å². The molecule has 346 valence electrons. The molecule has 0 spiro atoms. The van der Waals surface area contributed by atoms with Crippen LogP contribution >= 0.6 is 12.2 Å². The van der Waals surface area contributed by atoms with Crippen LogP contribution in [0.5, 0.6) is 0 Å². The Hall–Kier alpha value is -7.10. The molecule has 1 aliphatic carbocycles. The van der Waals surface area contributed by atoms with Gasteiger partial charge in [0.25, 0.3) is 0 Å². The molecule has 0 saturated heterocycles. The topological polar surface area (TPSA) is 312 Å². The number of amides is 1. The molecule has 65 heavy (non-hydrogen) atoms. The van der Waals surface area contributed by atoms with Gasteiger partial charge in [0.1, 0.15) is 29.2 Å². The largest absolute Gasteiger partial charge is 0.479 e. The number of thiocarbonyl (C=S) groups is 1. The second-order valence-electron chi connectivity index (χ2n) is 15.1. The van der Waals surface area contributed by atoms with Crippen molar-refractivity contribution in [3.8, 4) is 22.5 Å². The molecule has 3 aliphatic rings. The second-order valence-corrected chi connectivity index (χ2v) is 15.6. The zero-order valence-corrected chi connectivity index (χ0v) is 37.0. The number of benzene rings is 3. The summed E-state index contributed by atoms with van der Waals surface area (Å²) in [6.45, 7) is 8.18. The van der Waals surface area contributed by atoms with Crippen molar-refractivity contribution in [1.29, 1.82) is 0 Å². The fourth-order valence-electron chi connectivity index (χ4n) is 7.02. The zero-order chi connectivity index (χ0) is 47.4. The van der Waals surface area contributed by atoms with Crippen molar-refractivity contribution in [2.45, 2.75) is 84.4 Å². The molecule has 5 atom stereocenters. The number of aryl methyl sites for hydroxylation is 2. The minimum atomic E-state index is -1.56. The van der Waals surface area contributed by atoms with Gasteiger partial charge in [0.2, 0.25) is 5.76 Å². The number of aliphatic hydroxyl groups excluding tert-OH is 2. The molecule has 6 rings (SSSR count). The van der Waals surface area contributed by atoms with Gasteiger partial charge >= 0.3 is 18.0 Å². The summed E-state index contributed by atoms with van der Waals surface area (Å²) in [5.74, 6) is -3.42. The maximum Gasteiger partial charge on any atom is 0.407 e. The van der Waals surface area contributed by atoms with E-state index in [4.69, 9.17) is 37.6 Å². The van der Waals surface area contributed by atoms with Gasteiger partial charge in [-0.2, -0.15) is 0 Å². The number of aromatic carboxylic acids is 1. The van der Waals surface area contributed by atoms with Crippen molar-refractivity contribution in [1.82, 2.24) is 25.6 Å². The number of guanidine groups is 1. The van der Waals surface area contributed by atoms with Crippen LogP contribution < -0.4 is 32.8 Å². The van der Waals surface area contributed by atoms with E-state index in [1.54, 1.807) is 42.1 Å². The van der Waals surface area contributed by atoms with Gasteiger partial charge in [-0.05, 0) is 80.0 Å². The van der Waals surface area contributed by atoms with Crippen LogP contribution in [0.4, 0.5) is 10.5 Å². The number of hydrogen-bond donors (Lipinski definition) is 9. The van der Waals surface area contributed by atoms with Crippen LogP contribution in [-0.2, 0) is 27.4 Å². The van der Waals surface area contributed by atoms with E-state index >= 15 is 0 Å². The number of rotatable bonds is 16. The predicted molar refractivity (Wildman–Crippen MR) is 245 cm³/mol. The van der Waals surface area contributed by atoms with Crippen LogP contribution in [0.2, 0.25) is 0 Å². The number of fused-ring (bicyclic) bond motifs is 2. The number of aliphatic hydroxyl groups is 2. The van der Waals surface area contributed by atoms with Gasteiger partial charge in [-0.15, -0.1) is 5.10 Å². The Balaban J connectivity index is 0.000000245. The summed E-state index contributed by atoms with van der Waals surface area (Å²) in [7, 11) is 0. The number of ether oxygens (including phenoxy) is 2. The standard InChI is InChI=1S/C27H26N2O4S.C17H27N7O7/c1-3-4-5-12-28-27(34)29-17-7-10-19(22(14-17)26(31)32)25-20-9-6-16(2)13-23(20)33-24-15-18(30)8-11-21(24)25;1-3-24-6-9(22-23-24)5-20-17(29)31-14(11(26)7-25)13-8(2)10(21-16(18)19)4-12(30-13)15(27)28/h6-11,13-15H,3-5,12H2,1-2H3,(H,31,32)(H2,28,29,34);4,6,8,10-11,13-14,25-26H,3,5,7H2,1-2H3,(H,20,29)(H,27,28)(H4,18,19,21)/t;8-,10+,11-,13-,14-/m.1/s1. The van der Waals surface area contributed by atoms with E-state index in [2.05, 4.69) is 38.2 Å². The van der Waals surface area contributed by atoms with Gasteiger partial charge in [0, 0.05) is 47.3 Å². The minimum absolute atomic E-state index is 0.00124. The summed E-state index contributed by atoms with van der Waals surface area (Å²) in [4.78, 5) is 52.0. The summed E-state index contributed by atoms with van der Waals surface area (Å²) in [6, 6.07) is 14.7. The number of nitrogens with two attached hydrogens (primary N) is 2. The zero-order valence-electron chi connectivity index (χ0n) is 36.2. The van der Waals surface area contributed by atoms with Crippen LogP contribution in [0.1, 0.15) is 61.6 Å². The molecular weight excluding hydrogens is 863 g/mol. The molecule has 11 N–H and O–H groups in total. The number of aliphatic carboxylic acids is 1. The van der Waals surface area contributed by atoms with E-state index in [1.165, 1.54) is 18.2 Å². The molecule has 20 nitrogen and oxygen atoms in total. The van der Waals surface area contributed by atoms with Gasteiger partial charge < -0.3 is 61.7 Å². The normalized spacial score (nSPS) is 16.5. The third-order valence-electron chi connectivity index (χ3n) is 10.3. The smallest absolute Gasteiger partial charge is 0.407 e. The molecule has 21 heteroatoms. The van der Waals surface area contributed by atoms with Crippen LogP contribution in [0, 0.1) is 12.8 Å². The highest BCUT2D eigenvalue weighted by molar-refractivity contribution is 7.80. The average Bonchev–Trinajstić information content (AvgIpc) is 3.74. The number of hydrogen-bond acceptors (Lipinski definition) is 13. The summed E-state index contributed by atoms with van der Waals surface area (Å²) in [6.07, 6.45) is 1.00. The highest BCUT2D eigenvalue weighted by atomic mass is 32.1. The number of aliphatic imine (C=N–C) groups is 1. The van der Waals surface area contributed by atoms with E-state index in [-0.39, 0.29) is 23.5 Å². The Kier molecular flexibility index (Phi) is 16.9. The number of carboxylic acids is 2. The van der Waals surface area contributed by atoms with E-state index in [9.17, 15) is 39.6 Å². The molecule has 1 amide bonds. The number of carboxylic acid groups (broad SMARTS) is 2. The quantitative estimate of drug-likeness (QED) is 0.0223. The van der Waals surface area contributed by atoms with Crippen molar-refractivity contribution in [3.63, 3.8) is 0 Å². The predicted octanol–water partition coefficient (Wildman–Crippen LogP) is 3.94. The lowest BCUT2D eigenvalue weighted by molar-refractivity contribution is -0.147. The van der Waals surface area contributed by atoms with Crippen LogP contribution in [0.3, 0.4) is 0 Å². The molecule has 3 heterocycles. The number of anilines is 1. The summed E-state index contributed by atoms with van der Waals surface area (Å²) >= 11 is 5.36. The molecule has 0 saturated carbocycles. The molecule has 0 radical (unpaired) electrons. The molecule has 3 aromatic rings. The van der Waals surface area contributed by atoms with Crippen molar-refractivity contribution in [2.24, 2.45) is 22.4 Å². The SMILES string of the molecule is CCCCCNC(=S)Nc1ccc(-c2c3ccc(=O)cc-3oc3cc(C)ccc23)c(C(=O)O)c1.CCn1cc(CNC(=O)O[C@@H]([C@@H]2OC(C(=O)O)=C[C@H](N=C(N)N)[C@H]2C)[C@H](O)CO)nn1. The monoisotopic (exact) mass is 915 g/mol. The lowest BCUT2D eigenvalue weighted by atomic mass is 9.87. The third kappa shape index (κ3) is 12.8. The molecule has 2 aromatic carbocycles. The fourth-order valence-corrected chi connectivity index (χ4v) is 7.24. The second kappa shape index (κ2) is 22.5. The van der Waals surface area contributed by atoms with Gasteiger partial charge in [0.15, 0.2) is 22.6 Å². The summed E-state index contributed by atoms with van der Waals surface area (Å²) < 4.78 is 18.3. The third-order valence-corrected chi connectivity index (χ3v) is 10.5. The number of nitrogens with one attached hydrogen (secondary N) is 3. The summed E-state index contributed by atoms with van der Waals surface area (Å²) in [5.41, 5.74) is 15.3. The number of alkyl carbamates (subject to hydrolysis) is 1. The van der Waals surface area contributed by atoms with Crippen molar-refractivity contribution < 1.29 is 48.7 Å². The van der Waals surface area contributed by atoms with Crippen LogP contribution in [-0.4, -0.2) is 102 Å². The lowest BCUT2D eigenvalue weighted by Crippen LogP contribution is -2.52. The van der Waals surface area contributed by atoms with Crippen LogP contribution in [0.25, 0.3) is 33.4 Å². The maximum atomic E-state index is 12.3. The number of unbranched alkanes of at least 4 members (excludes halogenated alkanes) is 2. The molecule has 0 fully saturated rings. The number of nitrogens with zero attached hydrogens (tertiary/aromatic N) is 4. The molecule has 2 aliphatic heterocycles. The van der Waals surface area contributed by atoms with Crippen LogP contribution in [0.15, 0.2) is 86.8 Å². The first-order valence-corrected chi connectivity index (χ1v) is 21.2. The lowest BCUT2D eigenvalue weighted by Gasteiger charge is -2.38. The van der Waals surface area contributed by atoms with E-state index in [0.717, 1.165) is 36.8 Å². The Morgan fingerprint density at radius 2 is 1.77 bits per heavy atom. The first-order chi connectivity index (χ1) is 31.0. The van der Waals surface area contributed by atoms with Gasteiger partial charge in [-0.1, -0.05) is 50.1 Å². The first kappa shape index (κ1) is 48.9. The molecule has 0 bridgehead atoms. The van der Waals surface area contributed by atoms with E-state index in [1.807, 2.05) is 32.0 Å². The van der Waals surface area contributed by atoms with Crippen molar-refractivity contribution in [2.75, 3.05) is 18.5 Å². The highest BCUT2D eigenvalue weighted by Gasteiger charge is 2.44. The minimum Gasteiger partial charge on any atom is -0.479 e. The number of aromatic nitrogens is 3. The van der Waals surface area contributed by atoms with Gasteiger partial charge in [-0.3, -0.25) is 9.48 Å². The van der Waals surface area contributed by atoms with E-state index in [0.29, 0.717) is 51.1 Å². The fraction of sp³-hybridized carbons (Fsp3) is 0.364. The Bertz CT molecular complexity index is 2590. The van der Waals surface area contributed by atoms with Gasteiger partial charge in [-0.25, -0.2) is 19.4 Å². The highest BCUT2D eigenvalue weighted by Crippen LogP contribution is 2.42. The number of carbonyl (C=O) groups is 3. The van der Waals surface area contributed by atoms with Gasteiger partial charge in [0.05, 0.1) is 31.0 Å². The van der Waals surface area contributed by atoms with Crippen molar-refractivity contribution >= 4 is 58.0 Å². The molecule has 1 aromatic heterocycles. The Labute approximate surface area is 378 Å². The average molecular weight is 916 g/mol. The summed E-state index contributed by atoms with van der Waals surface area (Å²) in [5, 5.41) is 56.7. The molecule has 0 unspecified atom stereocenters. The Morgan fingerprint density at radius 1 is 1.02 bits per heavy atom. The maximum absolute atomic E-state index is 12.3. The first-order valence-electron chi connectivity index (χ1n) is 20.8. The molecular formula is C44H53N9O11S. The van der Waals surface area contributed by atoms with E-state index < -0.39 is 60.7 Å².